The fourth-order valence-corrected chi connectivity index (χ4v) is 1.92. The Balaban J connectivity index is 2.60. The van der Waals surface area contributed by atoms with Crippen LogP contribution in [-0.4, -0.2) is 29.9 Å². The van der Waals surface area contributed by atoms with Crippen LogP contribution in [0.15, 0.2) is 12.2 Å². The summed E-state index contributed by atoms with van der Waals surface area (Å²) in [5, 5.41) is 0. The summed E-state index contributed by atoms with van der Waals surface area (Å²) in [6.45, 7) is 5.48. The van der Waals surface area contributed by atoms with Crippen LogP contribution >= 0.6 is 0 Å². The maximum absolute atomic E-state index is 11.7. The second-order valence-electron chi connectivity index (χ2n) is 4.02. The number of piperidine rings is 1. The van der Waals surface area contributed by atoms with Crippen LogP contribution in [0.4, 0.5) is 0 Å². The number of rotatable bonds is 2. The van der Waals surface area contributed by atoms with E-state index in [1.54, 1.807) is 12.2 Å². The van der Waals surface area contributed by atoms with Crippen molar-refractivity contribution in [2.75, 3.05) is 13.1 Å². The fourth-order valence-electron chi connectivity index (χ4n) is 1.92. The van der Waals surface area contributed by atoms with Crippen LogP contribution < -0.4 is 5.73 Å². The third-order valence-electron chi connectivity index (χ3n) is 2.91. The predicted molar refractivity (Wildman–Crippen MR) is 57.8 cm³/mol. The van der Waals surface area contributed by atoms with Gasteiger partial charge in [-0.1, -0.05) is 6.08 Å². The highest BCUT2D eigenvalue weighted by molar-refractivity contribution is 5.87. The van der Waals surface area contributed by atoms with Gasteiger partial charge in [0.1, 0.15) is 0 Å². The molecule has 0 bridgehead atoms. The Morgan fingerprint density at radius 1 is 1.57 bits per heavy atom. The molecule has 14 heavy (non-hydrogen) atoms. The van der Waals surface area contributed by atoms with Crippen LogP contribution in [0.2, 0.25) is 0 Å². The molecule has 1 aliphatic heterocycles. The number of nitrogens with two attached hydrogens (primary N) is 1. The standard InChI is InChI=1S/C11H20N2O/c1-3-4-11(14)13-8-10(7-12)6-5-9(13)2/h3-4,9-10H,5-8,12H2,1-2H3. The molecule has 2 unspecified atom stereocenters. The minimum absolute atomic E-state index is 0.123. The van der Waals surface area contributed by atoms with Gasteiger partial charge >= 0.3 is 0 Å². The van der Waals surface area contributed by atoms with Gasteiger partial charge in [0.2, 0.25) is 5.91 Å². The van der Waals surface area contributed by atoms with Crippen molar-refractivity contribution < 1.29 is 4.79 Å². The zero-order valence-electron chi connectivity index (χ0n) is 9.07. The van der Waals surface area contributed by atoms with E-state index in [2.05, 4.69) is 6.92 Å². The Kier molecular flexibility index (Phi) is 4.14. The first-order valence-electron chi connectivity index (χ1n) is 5.32. The highest BCUT2D eigenvalue weighted by Gasteiger charge is 2.26. The normalized spacial score (nSPS) is 28.4. The van der Waals surface area contributed by atoms with Gasteiger partial charge in [-0.15, -0.1) is 0 Å². The second kappa shape index (κ2) is 5.15. The predicted octanol–water partition coefficient (Wildman–Crippen LogP) is 1.15. The Bertz CT molecular complexity index is 225. The summed E-state index contributed by atoms with van der Waals surface area (Å²) in [7, 11) is 0. The van der Waals surface area contributed by atoms with E-state index in [1.165, 1.54) is 0 Å². The molecule has 3 nitrogen and oxygen atoms in total. The lowest BCUT2D eigenvalue weighted by atomic mass is 9.93. The molecule has 1 amide bonds. The zero-order chi connectivity index (χ0) is 10.6. The van der Waals surface area contributed by atoms with Crippen LogP contribution in [-0.2, 0) is 4.79 Å². The molecule has 2 N–H and O–H groups in total. The summed E-state index contributed by atoms with van der Waals surface area (Å²) in [5.74, 6) is 0.610. The van der Waals surface area contributed by atoms with Crippen LogP contribution in [0, 0.1) is 5.92 Å². The molecule has 80 valence electrons. The lowest BCUT2D eigenvalue weighted by molar-refractivity contribution is -0.130. The number of allylic oxidation sites excluding steroid dienone is 1. The molecule has 1 fully saturated rings. The summed E-state index contributed by atoms with van der Waals surface area (Å²) >= 11 is 0. The molecule has 1 saturated heterocycles. The minimum atomic E-state index is 0.123. The largest absolute Gasteiger partial charge is 0.336 e. The van der Waals surface area contributed by atoms with Crippen LogP contribution in [0.25, 0.3) is 0 Å². The number of carbonyl (C=O) groups is 1. The molecule has 0 aliphatic carbocycles. The average Bonchev–Trinajstić information content (AvgIpc) is 2.19. The third-order valence-corrected chi connectivity index (χ3v) is 2.91. The van der Waals surface area contributed by atoms with E-state index in [4.69, 9.17) is 5.73 Å². The van der Waals surface area contributed by atoms with E-state index >= 15 is 0 Å². The summed E-state index contributed by atoms with van der Waals surface area (Å²) in [5.41, 5.74) is 5.63. The Morgan fingerprint density at radius 2 is 2.29 bits per heavy atom. The molecule has 0 radical (unpaired) electrons. The molecule has 3 heteroatoms. The first-order valence-corrected chi connectivity index (χ1v) is 5.32. The molecule has 2 atom stereocenters. The molecule has 0 spiro atoms. The number of nitrogens with zero attached hydrogens (tertiary/aromatic N) is 1. The smallest absolute Gasteiger partial charge is 0.246 e. The topological polar surface area (TPSA) is 46.3 Å². The van der Waals surface area contributed by atoms with Gasteiger partial charge in [-0.2, -0.15) is 0 Å². The van der Waals surface area contributed by atoms with E-state index in [0.717, 1.165) is 19.4 Å². The van der Waals surface area contributed by atoms with Crippen molar-refractivity contribution in [3.63, 3.8) is 0 Å². The average molecular weight is 196 g/mol. The molecule has 0 saturated carbocycles. The number of hydrogen-bond acceptors (Lipinski definition) is 2. The second-order valence-corrected chi connectivity index (χ2v) is 4.02. The highest BCUT2D eigenvalue weighted by Crippen LogP contribution is 2.21. The zero-order valence-corrected chi connectivity index (χ0v) is 9.07. The Morgan fingerprint density at radius 3 is 2.86 bits per heavy atom. The molecule has 1 rings (SSSR count). The van der Waals surface area contributed by atoms with Crippen molar-refractivity contribution in [3.05, 3.63) is 12.2 Å². The van der Waals surface area contributed by atoms with Crippen molar-refractivity contribution in [2.45, 2.75) is 32.7 Å². The van der Waals surface area contributed by atoms with Gasteiger partial charge in [0, 0.05) is 12.6 Å². The SMILES string of the molecule is CC=CC(=O)N1CC(CN)CCC1C. The summed E-state index contributed by atoms with van der Waals surface area (Å²) in [6, 6.07) is 0.362. The van der Waals surface area contributed by atoms with Gasteiger partial charge in [-0.25, -0.2) is 0 Å². The molecule has 0 aromatic rings. The number of amides is 1. The number of carbonyl (C=O) groups excluding carboxylic acids is 1. The number of hydrogen-bond donors (Lipinski definition) is 1. The Hall–Kier alpha value is -0.830. The first-order chi connectivity index (χ1) is 6.69. The lowest BCUT2D eigenvalue weighted by Crippen LogP contribution is -2.46. The quantitative estimate of drug-likeness (QED) is 0.673. The maximum Gasteiger partial charge on any atom is 0.246 e. The minimum Gasteiger partial charge on any atom is -0.336 e. The van der Waals surface area contributed by atoms with E-state index in [9.17, 15) is 4.79 Å². The van der Waals surface area contributed by atoms with Gasteiger partial charge in [0.25, 0.3) is 0 Å². The van der Waals surface area contributed by atoms with Crippen molar-refractivity contribution >= 4 is 5.91 Å². The molecule has 0 aromatic carbocycles. The van der Waals surface area contributed by atoms with Crippen molar-refractivity contribution in [1.82, 2.24) is 4.90 Å². The number of likely N-dealkylation sites (tertiary alicyclic amines) is 1. The molecule has 0 aromatic heterocycles. The van der Waals surface area contributed by atoms with E-state index < -0.39 is 0 Å². The van der Waals surface area contributed by atoms with Gasteiger partial charge in [0.15, 0.2) is 0 Å². The monoisotopic (exact) mass is 196 g/mol. The molecule has 1 aliphatic rings. The van der Waals surface area contributed by atoms with Gasteiger partial charge < -0.3 is 10.6 Å². The van der Waals surface area contributed by atoms with Crippen LogP contribution in [0.3, 0.4) is 0 Å². The maximum atomic E-state index is 11.7. The fraction of sp³-hybridized carbons (Fsp3) is 0.727. The Labute approximate surface area is 86.0 Å². The molecular formula is C11H20N2O. The van der Waals surface area contributed by atoms with Crippen LogP contribution in [0.5, 0.6) is 0 Å². The first kappa shape index (κ1) is 11.2. The van der Waals surface area contributed by atoms with Crippen molar-refractivity contribution in [1.29, 1.82) is 0 Å². The third kappa shape index (κ3) is 2.58. The van der Waals surface area contributed by atoms with E-state index in [0.29, 0.717) is 18.5 Å². The molecule has 1 heterocycles. The van der Waals surface area contributed by atoms with E-state index in [1.807, 2.05) is 11.8 Å². The summed E-state index contributed by atoms with van der Waals surface area (Å²) in [4.78, 5) is 13.6. The van der Waals surface area contributed by atoms with Gasteiger partial charge in [0.05, 0.1) is 0 Å². The van der Waals surface area contributed by atoms with E-state index in [-0.39, 0.29) is 5.91 Å². The van der Waals surface area contributed by atoms with Crippen molar-refractivity contribution in [3.8, 4) is 0 Å². The van der Waals surface area contributed by atoms with Gasteiger partial charge in [-0.3, -0.25) is 4.79 Å². The van der Waals surface area contributed by atoms with Crippen LogP contribution in [0.1, 0.15) is 26.7 Å². The highest BCUT2D eigenvalue weighted by atomic mass is 16.2. The lowest BCUT2D eigenvalue weighted by Gasteiger charge is -2.37. The summed E-state index contributed by atoms with van der Waals surface area (Å²) in [6.07, 6.45) is 5.65. The summed E-state index contributed by atoms with van der Waals surface area (Å²) < 4.78 is 0. The molecular weight excluding hydrogens is 176 g/mol. The van der Waals surface area contributed by atoms with Gasteiger partial charge in [-0.05, 0) is 45.2 Å². The van der Waals surface area contributed by atoms with Crippen molar-refractivity contribution in [2.24, 2.45) is 11.7 Å².